The third-order valence-electron chi connectivity index (χ3n) is 5.42. The summed E-state index contributed by atoms with van der Waals surface area (Å²) < 4.78 is 11.0. The van der Waals surface area contributed by atoms with Crippen molar-refractivity contribution in [2.75, 3.05) is 33.9 Å². The fraction of sp³-hybridized carbons (Fsp3) is 0.348. The van der Waals surface area contributed by atoms with Crippen molar-refractivity contribution in [1.82, 2.24) is 5.32 Å². The van der Waals surface area contributed by atoms with E-state index in [1.54, 1.807) is 14.2 Å². The van der Waals surface area contributed by atoms with Gasteiger partial charge in [0.05, 0.1) is 33.9 Å². The van der Waals surface area contributed by atoms with Crippen molar-refractivity contribution < 1.29 is 19.2 Å². The van der Waals surface area contributed by atoms with Crippen molar-refractivity contribution in [3.8, 4) is 11.5 Å². The molecule has 0 aromatic heterocycles. The molecule has 2 aromatic rings. The van der Waals surface area contributed by atoms with Gasteiger partial charge in [0.15, 0.2) is 11.5 Å². The number of carbonyl (C=O) groups is 1. The summed E-state index contributed by atoms with van der Waals surface area (Å²) in [6, 6.07) is 11.9. The van der Waals surface area contributed by atoms with Crippen LogP contribution in [-0.4, -0.2) is 39.8 Å². The zero-order chi connectivity index (χ0) is 20.1. The smallest absolute Gasteiger partial charge is 0.251 e. The SMILES string of the molecule is C=CC[NH+]1CCc2cc(OC)c(OC)cc2[C@@H]1CNC(=O)c1ccc(C)cc1. The minimum atomic E-state index is -0.0504. The molecule has 3 rings (SSSR count). The van der Waals surface area contributed by atoms with E-state index in [4.69, 9.17) is 9.47 Å². The van der Waals surface area contributed by atoms with Crippen LogP contribution in [0.5, 0.6) is 11.5 Å². The van der Waals surface area contributed by atoms with Crippen molar-refractivity contribution in [3.05, 3.63) is 71.3 Å². The number of fused-ring (bicyclic) bond motifs is 1. The van der Waals surface area contributed by atoms with E-state index in [0.717, 1.165) is 36.6 Å². The van der Waals surface area contributed by atoms with E-state index in [9.17, 15) is 4.79 Å². The molecule has 1 unspecified atom stereocenters. The number of hydrogen-bond donors (Lipinski definition) is 2. The average Bonchev–Trinajstić information content (AvgIpc) is 2.72. The lowest BCUT2D eigenvalue weighted by Crippen LogP contribution is -3.13. The second-order valence-corrected chi connectivity index (χ2v) is 7.19. The second-order valence-electron chi connectivity index (χ2n) is 7.19. The number of ether oxygens (including phenoxy) is 2. The normalized spacial score (nSPS) is 18.1. The number of rotatable bonds is 7. The number of nitrogens with one attached hydrogen (secondary N) is 2. The third kappa shape index (κ3) is 4.20. The van der Waals surface area contributed by atoms with E-state index < -0.39 is 0 Å². The zero-order valence-corrected chi connectivity index (χ0v) is 16.9. The summed E-state index contributed by atoms with van der Waals surface area (Å²) in [7, 11) is 3.30. The first-order valence-corrected chi connectivity index (χ1v) is 9.62. The number of methoxy groups -OCH3 is 2. The van der Waals surface area contributed by atoms with Crippen LogP contribution in [0.25, 0.3) is 0 Å². The summed E-state index contributed by atoms with van der Waals surface area (Å²) >= 11 is 0. The molecule has 5 nitrogen and oxygen atoms in total. The standard InChI is InChI=1S/C23H28N2O3/c1-5-11-25-12-10-18-13-21(27-3)22(28-4)14-19(18)20(25)15-24-23(26)17-8-6-16(2)7-9-17/h5-9,13-14,20H,1,10-12,15H2,2-4H3,(H,24,26)/p+1/t20-/m0/s1. The first-order valence-electron chi connectivity index (χ1n) is 9.62. The summed E-state index contributed by atoms with van der Waals surface area (Å²) in [4.78, 5) is 14.0. The molecule has 28 heavy (non-hydrogen) atoms. The van der Waals surface area contributed by atoms with Gasteiger partial charge in [0.2, 0.25) is 0 Å². The Morgan fingerprint density at radius 1 is 1.21 bits per heavy atom. The maximum atomic E-state index is 12.6. The molecule has 2 aromatic carbocycles. The van der Waals surface area contributed by atoms with E-state index in [-0.39, 0.29) is 11.9 Å². The van der Waals surface area contributed by atoms with Crippen LogP contribution in [-0.2, 0) is 6.42 Å². The first kappa shape index (κ1) is 20.0. The van der Waals surface area contributed by atoms with Gasteiger partial charge in [-0.2, -0.15) is 0 Å². The van der Waals surface area contributed by atoms with Crippen LogP contribution in [0.2, 0.25) is 0 Å². The van der Waals surface area contributed by atoms with E-state index in [1.807, 2.05) is 37.3 Å². The van der Waals surface area contributed by atoms with Crippen LogP contribution in [0.4, 0.5) is 0 Å². The summed E-state index contributed by atoms with van der Waals surface area (Å²) in [6.07, 6.45) is 2.90. The van der Waals surface area contributed by atoms with Gasteiger partial charge in [-0.05, 0) is 42.8 Å². The molecular formula is C23H29N2O3+. The average molecular weight is 381 g/mol. The molecule has 0 radical (unpaired) electrons. The van der Waals surface area contributed by atoms with Gasteiger partial charge in [0.1, 0.15) is 6.04 Å². The maximum Gasteiger partial charge on any atom is 0.251 e. The van der Waals surface area contributed by atoms with Crippen LogP contribution in [0.3, 0.4) is 0 Å². The van der Waals surface area contributed by atoms with Crippen LogP contribution < -0.4 is 19.7 Å². The van der Waals surface area contributed by atoms with Crippen LogP contribution in [0.15, 0.2) is 49.1 Å². The van der Waals surface area contributed by atoms with Crippen LogP contribution in [0.1, 0.15) is 33.1 Å². The summed E-state index contributed by atoms with van der Waals surface area (Å²) in [5, 5.41) is 3.12. The number of carbonyl (C=O) groups excluding carboxylic acids is 1. The molecule has 148 valence electrons. The Labute approximate surface area is 167 Å². The highest BCUT2D eigenvalue weighted by Gasteiger charge is 2.32. The number of benzene rings is 2. The lowest BCUT2D eigenvalue weighted by molar-refractivity contribution is -0.927. The fourth-order valence-corrected chi connectivity index (χ4v) is 3.85. The Morgan fingerprint density at radius 2 is 1.89 bits per heavy atom. The van der Waals surface area contributed by atoms with E-state index >= 15 is 0 Å². The fourth-order valence-electron chi connectivity index (χ4n) is 3.85. The molecule has 0 saturated carbocycles. The Kier molecular flexibility index (Phi) is 6.37. The predicted octanol–water partition coefficient (Wildman–Crippen LogP) is 2.11. The molecule has 0 bridgehead atoms. The molecule has 2 atom stereocenters. The van der Waals surface area contributed by atoms with Crippen molar-refractivity contribution in [1.29, 1.82) is 0 Å². The zero-order valence-electron chi connectivity index (χ0n) is 16.9. The molecule has 5 heteroatoms. The monoisotopic (exact) mass is 381 g/mol. The van der Waals surface area contributed by atoms with Gasteiger partial charge >= 0.3 is 0 Å². The van der Waals surface area contributed by atoms with Crippen molar-refractivity contribution in [2.24, 2.45) is 0 Å². The Bertz CT molecular complexity index is 846. The number of hydrogen-bond acceptors (Lipinski definition) is 3. The van der Waals surface area contributed by atoms with Gasteiger partial charge < -0.3 is 19.7 Å². The number of aryl methyl sites for hydroxylation is 1. The second kappa shape index (κ2) is 8.93. The Balaban J connectivity index is 1.85. The molecule has 0 saturated heterocycles. The topological polar surface area (TPSA) is 52.0 Å². The summed E-state index contributed by atoms with van der Waals surface area (Å²) in [5.41, 5.74) is 4.27. The minimum Gasteiger partial charge on any atom is -0.493 e. The van der Waals surface area contributed by atoms with Gasteiger partial charge in [0, 0.05) is 17.5 Å². The van der Waals surface area contributed by atoms with Crippen LogP contribution >= 0.6 is 0 Å². The van der Waals surface area contributed by atoms with E-state index in [1.165, 1.54) is 16.0 Å². The Hall–Kier alpha value is -2.79. The highest BCUT2D eigenvalue weighted by Crippen LogP contribution is 2.34. The van der Waals surface area contributed by atoms with Gasteiger partial charge in [-0.3, -0.25) is 4.79 Å². The molecular weight excluding hydrogens is 352 g/mol. The van der Waals surface area contributed by atoms with Crippen LogP contribution in [0, 0.1) is 6.92 Å². The third-order valence-corrected chi connectivity index (χ3v) is 5.42. The lowest BCUT2D eigenvalue weighted by Gasteiger charge is -2.34. The molecule has 0 aliphatic carbocycles. The van der Waals surface area contributed by atoms with Crippen molar-refractivity contribution in [3.63, 3.8) is 0 Å². The van der Waals surface area contributed by atoms with Crippen molar-refractivity contribution >= 4 is 5.91 Å². The van der Waals surface area contributed by atoms with Gasteiger partial charge in [-0.25, -0.2) is 0 Å². The summed E-state index contributed by atoms with van der Waals surface area (Å²) in [5.74, 6) is 1.41. The van der Waals surface area contributed by atoms with Crippen molar-refractivity contribution in [2.45, 2.75) is 19.4 Å². The van der Waals surface area contributed by atoms with Gasteiger partial charge in [-0.15, -0.1) is 0 Å². The largest absolute Gasteiger partial charge is 0.493 e. The highest BCUT2D eigenvalue weighted by molar-refractivity contribution is 5.94. The Morgan fingerprint density at radius 3 is 2.54 bits per heavy atom. The van der Waals surface area contributed by atoms with Gasteiger partial charge in [0.25, 0.3) is 5.91 Å². The molecule has 0 fully saturated rings. The first-order chi connectivity index (χ1) is 13.6. The molecule has 1 heterocycles. The maximum absolute atomic E-state index is 12.6. The van der Waals surface area contributed by atoms with E-state index in [0.29, 0.717) is 12.1 Å². The predicted molar refractivity (Wildman–Crippen MR) is 110 cm³/mol. The molecule has 1 amide bonds. The lowest BCUT2D eigenvalue weighted by atomic mass is 9.91. The number of amides is 1. The van der Waals surface area contributed by atoms with E-state index in [2.05, 4.69) is 24.0 Å². The minimum absolute atomic E-state index is 0.0504. The molecule has 1 aliphatic heterocycles. The van der Waals surface area contributed by atoms with Gasteiger partial charge in [-0.1, -0.05) is 24.3 Å². The summed E-state index contributed by atoms with van der Waals surface area (Å²) in [6.45, 7) is 8.30. The molecule has 0 spiro atoms. The number of quaternary nitrogens is 1. The quantitative estimate of drug-likeness (QED) is 0.723. The highest BCUT2D eigenvalue weighted by atomic mass is 16.5. The molecule has 2 N–H and O–H groups in total. The molecule has 1 aliphatic rings.